The fraction of sp³-hybridized carbons (Fsp3) is 0.208. The van der Waals surface area contributed by atoms with Gasteiger partial charge in [0.2, 0.25) is 0 Å². The first kappa shape index (κ1) is 20.2. The Hall–Kier alpha value is -4.05. The van der Waals surface area contributed by atoms with E-state index in [-0.39, 0.29) is 0 Å². The minimum Gasteiger partial charge on any atom is -0.444 e. The molecule has 0 aliphatic heterocycles. The van der Waals surface area contributed by atoms with Gasteiger partial charge < -0.3 is 9.30 Å². The maximum absolute atomic E-state index is 12.1. The molecule has 3 aromatic heterocycles. The Morgan fingerprint density at radius 1 is 1.13 bits per heavy atom. The molecule has 0 spiro atoms. The van der Waals surface area contributed by atoms with Crippen LogP contribution in [0.4, 0.5) is 10.5 Å². The number of rotatable bonds is 2. The SMILES string of the molecule is Cn1cncc1C#Cc1ccn2c(-c3cccc(NC(=O)OC(C)(C)C)c3)cnc2c1. The highest BCUT2D eigenvalue weighted by molar-refractivity contribution is 5.86. The van der Waals surface area contributed by atoms with E-state index in [9.17, 15) is 4.79 Å². The maximum Gasteiger partial charge on any atom is 0.412 e. The number of aromatic nitrogens is 4. The largest absolute Gasteiger partial charge is 0.444 e. The minimum absolute atomic E-state index is 0.487. The van der Waals surface area contributed by atoms with E-state index in [1.54, 1.807) is 18.7 Å². The standard InChI is InChI=1S/C24H23N5O2/c1-24(2,3)31-23(30)27-19-7-5-6-18(13-19)21-15-26-22-12-17(10-11-29(21)22)8-9-20-14-25-16-28(20)4/h5-7,10-16H,1-4H3,(H,27,30). The van der Waals surface area contributed by atoms with Gasteiger partial charge in [-0.15, -0.1) is 0 Å². The zero-order valence-electron chi connectivity index (χ0n) is 17.9. The van der Waals surface area contributed by atoms with Gasteiger partial charge in [-0.05, 0) is 51.0 Å². The molecule has 156 valence electrons. The van der Waals surface area contributed by atoms with E-state index in [1.807, 2.05) is 79.4 Å². The molecular formula is C24H23N5O2. The van der Waals surface area contributed by atoms with Gasteiger partial charge in [-0.25, -0.2) is 14.8 Å². The van der Waals surface area contributed by atoms with Crippen molar-refractivity contribution in [2.24, 2.45) is 7.05 Å². The van der Waals surface area contributed by atoms with Crippen molar-refractivity contribution in [2.75, 3.05) is 5.32 Å². The lowest BCUT2D eigenvalue weighted by Crippen LogP contribution is -2.27. The van der Waals surface area contributed by atoms with Crippen LogP contribution in [0.15, 0.2) is 61.3 Å². The van der Waals surface area contributed by atoms with Gasteiger partial charge in [0.1, 0.15) is 16.9 Å². The number of carbonyl (C=O) groups excluding carboxylic acids is 1. The van der Waals surface area contributed by atoms with Gasteiger partial charge in [-0.2, -0.15) is 0 Å². The summed E-state index contributed by atoms with van der Waals surface area (Å²) >= 11 is 0. The molecule has 1 N–H and O–H groups in total. The fourth-order valence-corrected chi connectivity index (χ4v) is 3.06. The molecule has 0 atom stereocenters. The van der Waals surface area contributed by atoms with Gasteiger partial charge in [0.05, 0.1) is 24.4 Å². The quantitative estimate of drug-likeness (QED) is 0.492. The molecule has 3 heterocycles. The van der Waals surface area contributed by atoms with Crippen LogP contribution in [0.1, 0.15) is 32.0 Å². The third-order valence-corrected chi connectivity index (χ3v) is 4.47. The van der Waals surface area contributed by atoms with Crippen molar-refractivity contribution in [3.8, 4) is 23.1 Å². The van der Waals surface area contributed by atoms with E-state index < -0.39 is 11.7 Å². The number of nitrogens with zero attached hydrogens (tertiary/aromatic N) is 4. The number of hydrogen-bond acceptors (Lipinski definition) is 4. The lowest BCUT2D eigenvalue weighted by atomic mass is 10.1. The Morgan fingerprint density at radius 3 is 2.71 bits per heavy atom. The van der Waals surface area contributed by atoms with Crippen LogP contribution in [0, 0.1) is 11.8 Å². The number of hydrogen-bond donors (Lipinski definition) is 1. The van der Waals surface area contributed by atoms with E-state index >= 15 is 0 Å². The number of ether oxygens (including phenoxy) is 1. The Morgan fingerprint density at radius 2 is 1.97 bits per heavy atom. The summed E-state index contributed by atoms with van der Waals surface area (Å²) in [6, 6.07) is 11.5. The second-order valence-corrected chi connectivity index (χ2v) is 8.13. The predicted molar refractivity (Wildman–Crippen MR) is 120 cm³/mol. The predicted octanol–water partition coefficient (Wildman–Crippen LogP) is 4.48. The van der Waals surface area contributed by atoms with Gasteiger partial charge in [-0.3, -0.25) is 9.72 Å². The van der Waals surface area contributed by atoms with Crippen LogP contribution in [0.3, 0.4) is 0 Å². The topological polar surface area (TPSA) is 73.5 Å². The molecule has 1 aromatic carbocycles. The molecule has 1 amide bonds. The normalized spacial score (nSPS) is 11.1. The first-order valence-electron chi connectivity index (χ1n) is 9.84. The number of anilines is 1. The van der Waals surface area contributed by atoms with Gasteiger partial charge in [-0.1, -0.05) is 18.1 Å². The number of aryl methyl sites for hydroxylation is 1. The highest BCUT2D eigenvalue weighted by Gasteiger charge is 2.16. The summed E-state index contributed by atoms with van der Waals surface area (Å²) in [5, 5.41) is 2.78. The third kappa shape index (κ3) is 4.75. The molecule has 0 aliphatic carbocycles. The fourth-order valence-electron chi connectivity index (χ4n) is 3.06. The molecule has 0 fully saturated rings. The second kappa shape index (κ2) is 8.00. The van der Waals surface area contributed by atoms with Gasteiger partial charge in [0.25, 0.3) is 0 Å². The van der Waals surface area contributed by atoms with Crippen molar-refractivity contribution < 1.29 is 9.53 Å². The van der Waals surface area contributed by atoms with Crippen LogP contribution < -0.4 is 5.32 Å². The highest BCUT2D eigenvalue weighted by Crippen LogP contribution is 2.24. The number of amides is 1. The molecule has 0 aliphatic rings. The van der Waals surface area contributed by atoms with Crippen molar-refractivity contribution >= 4 is 17.4 Å². The van der Waals surface area contributed by atoms with Gasteiger partial charge in [0, 0.05) is 30.1 Å². The Kier molecular flexibility index (Phi) is 5.22. The summed E-state index contributed by atoms with van der Waals surface area (Å²) < 4.78 is 9.19. The van der Waals surface area contributed by atoms with E-state index in [2.05, 4.69) is 27.1 Å². The van der Waals surface area contributed by atoms with Crippen LogP contribution in [-0.2, 0) is 11.8 Å². The third-order valence-electron chi connectivity index (χ3n) is 4.47. The second-order valence-electron chi connectivity index (χ2n) is 8.13. The first-order chi connectivity index (χ1) is 14.8. The number of pyridine rings is 1. The first-order valence-corrected chi connectivity index (χ1v) is 9.84. The summed E-state index contributed by atoms with van der Waals surface area (Å²) in [6.45, 7) is 5.49. The van der Waals surface area contributed by atoms with E-state index in [1.165, 1.54) is 0 Å². The van der Waals surface area contributed by atoms with Crippen LogP contribution in [-0.4, -0.2) is 30.6 Å². The van der Waals surface area contributed by atoms with Crippen molar-refractivity contribution in [3.63, 3.8) is 0 Å². The molecule has 0 bridgehead atoms. The van der Waals surface area contributed by atoms with E-state index in [0.29, 0.717) is 5.69 Å². The van der Waals surface area contributed by atoms with Gasteiger partial charge >= 0.3 is 6.09 Å². The summed E-state index contributed by atoms with van der Waals surface area (Å²) in [5.74, 6) is 6.27. The van der Waals surface area contributed by atoms with Gasteiger partial charge in [0.15, 0.2) is 0 Å². The van der Waals surface area contributed by atoms with Crippen molar-refractivity contribution in [1.29, 1.82) is 0 Å². The Bertz CT molecular complexity index is 1310. The number of carbonyl (C=O) groups is 1. The van der Waals surface area contributed by atoms with E-state index in [0.717, 1.165) is 28.2 Å². The Labute approximate surface area is 180 Å². The van der Waals surface area contributed by atoms with Crippen molar-refractivity contribution in [3.05, 3.63) is 72.6 Å². The Balaban J connectivity index is 1.59. The molecule has 7 heteroatoms. The summed E-state index contributed by atoms with van der Waals surface area (Å²) in [6.07, 6.45) is 6.72. The molecule has 0 unspecified atom stereocenters. The molecule has 7 nitrogen and oxygen atoms in total. The minimum atomic E-state index is -0.555. The number of benzene rings is 1. The number of imidazole rings is 2. The average Bonchev–Trinajstić information content (AvgIpc) is 3.30. The lowest BCUT2D eigenvalue weighted by molar-refractivity contribution is 0.0636. The zero-order valence-corrected chi connectivity index (χ0v) is 17.9. The zero-order chi connectivity index (χ0) is 22.0. The van der Waals surface area contributed by atoms with Crippen LogP contribution >= 0.6 is 0 Å². The van der Waals surface area contributed by atoms with Crippen molar-refractivity contribution in [2.45, 2.75) is 26.4 Å². The van der Waals surface area contributed by atoms with Crippen LogP contribution in [0.2, 0.25) is 0 Å². The maximum atomic E-state index is 12.1. The van der Waals surface area contributed by atoms with E-state index in [4.69, 9.17) is 4.74 Å². The molecule has 4 aromatic rings. The molecule has 0 saturated carbocycles. The molecule has 31 heavy (non-hydrogen) atoms. The highest BCUT2D eigenvalue weighted by atomic mass is 16.6. The molecular weight excluding hydrogens is 390 g/mol. The summed E-state index contributed by atoms with van der Waals surface area (Å²) in [4.78, 5) is 20.7. The smallest absolute Gasteiger partial charge is 0.412 e. The summed E-state index contributed by atoms with van der Waals surface area (Å²) in [7, 11) is 1.91. The number of fused-ring (bicyclic) bond motifs is 1. The van der Waals surface area contributed by atoms with Crippen molar-refractivity contribution in [1.82, 2.24) is 18.9 Å². The molecule has 0 saturated heterocycles. The molecule has 0 radical (unpaired) electrons. The van der Waals surface area contributed by atoms with Crippen LogP contribution in [0.25, 0.3) is 16.9 Å². The number of nitrogens with one attached hydrogen (secondary N) is 1. The monoisotopic (exact) mass is 413 g/mol. The van der Waals surface area contributed by atoms with Crippen LogP contribution in [0.5, 0.6) is 0 Å². The average molecular weight is 413 g/mol. The summed E-state index contributed by atoms with van der Waals surface area (Å²) in [5.41, 5.74) is 4.44. The molecule has 4 rings (SSSR count). The lowest BCUT2D eigenvalue weighted by Gasteiger charge is -2.19.